The molecular formula is C22H33N3O2. The first kappa shape index (κ1) is 19.7. The summed E-state index contributed by atoms with van der Waals surface area (Å²) in [5, 5.41) is 1.34. The summed E-state index contributed by atoms with van der Waals surface area (Å²) < 4.78 is 5.47. The van der Waals surface area contributed by atoms with Crippen LogP contribution in [0.3, 0.4) is 0 Å². The molecule has 0 atom stereocenters. The second-order valence-electron chi connectivity index (χ2n) is 8.69. The number of hydrogen-bond acceptors (Lipinski definition) is 3. The van der Waals surface area contributed by atoms with E-state index in [0.717, 1.165) is 45.6 Å². The van der Waals surface area contributed by atoms with Gasteiger partial charge in [-0.2, -0.15) is 0 Å². The van der Waals surface area contributed by atoms with Crippen molar-refractivity contribution in [2.75, 3.05) is 32.7 Å². The van der Waals surface area contributed by atoms with Gasteiger partial charge in [0.2, 0.25) is 0 Å². The van der Waals surface area contributed by atoms with Crippen LogP contribution in [0, 0.1) is 13.8 Å². The van der Waals surface area contributed by atoms with Crippen LogP contribution in [0.15, 0.2) is 18.2 Å². The number of aryl methyl sites for hydroxylation is 3. The highest BCUT2D eigenvalue weighted by Crippen LogP contribution is 2.23. The van der Waals surface area contributed by atoms with E-state index in [0.29, 0.717) is 0 Å². The van der Waals surface area contributed by atoms with E-state index < -0.39 is 5.60 Å². The van der Waals surface area contributed by atoms with Gasteiger partial charge in [0, 0.05) is 42.8 Å². The second-order valence-corrected chi connectivity index (χ2v) is 8.69. The summed E-state index contributed by atoms with van der Waals surface area (Å²) in [5.41, 5.74) is 4.84. The van der Waals surface area contributed by atoms with E-state index in [1.165, 1.54) is 27.7 Å². The molecule has 0 aliphatic carbocycles. The Hall–Kier alpha value is -2.01. The SMILES string of the molecule is Cc1ccc2[nH]c(CCCN3CCN(C(=O)OC(C)(C)C)CC3)c(C)c2c1. The van der Waals surface area contributed by atoms with Gasteiger partial charge in [0.05, 0.1) is 0 Å². The van der Waals surface area contributed by atoms with E-state index in [1.807, 2.05) is 25.7 Å². The average molecular weight is 372 g/mol. The topological polar surface area (TPSA) is 48.6 Å². The van der Waals surface area contributed by atoms with Crippen molar-refractivity contribution in [2.24, 2.45) is 0 Å². The zero-order valence-electron chi connectivity index (χ0n) is 17.4. The number of nitrogens with one attached hydrogen (secondary N) is 1. The number of ether oxygens (including phenoxy) is 1. The molecule has 5 nitrogen and oxygen atoms in total. The van der Waals surface area contributed by atoms with Gasteiger partial charge in [-0.15, -0.1) is 0 Å². The highest BCUT2D eigenvalue weighted by molar-refractivity contribution is 5.85. The highest BCUT2D eigenvalue weighted by Gasteiger charge is 2.25. The van der Waals surface area contributed by atoms with E-state index in [4.69, 9.17) is 4.74 Å². The number of carbonyl (C=O) groups excluding carboxylic acids is 1. The lowest BCUT2D eigenvalue weighted by Gasteiger charge is -2.35. The lowest BCUT2D eigenvalue weighted by Crippen LogP contribution is -2.50. The Labute approximate surface area is 162 Å². The molecule has 1 saturated heterocycles. The molecule has 2 aromatic rings. The summed E-state index contributed by atoms with van der Waals surface area (Å²) in [7, 11) is 0. The number of amides is 1. The first-order valence-electron chi connectivity index (χ1n) is 10.0. The average Bonchev–Trinajstić information content (AvgIpc) is 2.90. The predicted molar refractivity (Wildman–Crippen MR) is 110 cm³/mol. The van der Waals surface area contributed by atoms with Gasteiger partial charge >= 0.3 is 6.09 Å². The Bertz CT molecular complexity index is 796. The van der Waals surface area contributed by atoms with Crippen molar-refractivity contribution < 1.29 is 9.53 Å². The quantitative estimate of drug-likeness (QED) is 0.873. The maximum absolute atomic E-state index is 12.1. The minimum atomic E-state index is -0.426. The lowest BCUT2D eigenvalue weighted by molar-refractivity contribution is 0.0144. The number of hydrogen-bond donors (Lipinski definition) is 1. The van der Waals surface area contributed by atoms with E-state index >= 15 is 0 Å². The number of aromatic nitrogens is 1. The fourth-order valence-electron chi connectivity index (χ4n) is 3.71. The summed E-state index contributed by atoms with van der Waals surface area (Å²) >= 11 is 0. The van der Waals surface area contributed by atoms with Crippen molar-refractivity contribution in [2.45, 2.75) is 53.1 Å². The van der Waals surface area contributed by atoms with Gasteiger partial charge in [0.15, 0.2) is 0 Å². The van der Waals surface area contributed by atoms with E-state index in [2.05, 4.69) is 41.9 Å². The Balaban J connectivity index is 1.46. The number of rotatable bonds is 4. The fraction of sp³-hybridized carbons (Fsp3) is 0.591. The van der Waals surface area contributed by atoms with Crippen LogP contribution in [0.1, 0.15) is 44.0 Å². The molecule has 1 aromatic heterocycles. The maximum Gasteiger partial charge on any atom is 0.410 e. The van der Waals surface area contributed by atoms with Gasteiger partial charge in [-0.1, -0.05) is 11.6 Å². The first-order valence-corrected chi connectivity index (χ1v) is 10.0. The van der Waals surface area contributed by atoms with Gasteiger partial charge < -0.3 is 14.6 Å². The van der Waals surface area contributed by atoms with E-state index in [9.17, 15) is 4.79 Å². The third kappa shape index (κ3) is 5.04. The molecule has 148 valence electrons. The number of fused-ring (bicyclic) bond motifs is 1. The van der Waals surface area contributed by atoms with Crippen LogP contribution in [-0.2, 0) is 11.2 Å². The highest BCUT2D eigenvalue weighted by atomic mass is 16.6. The summed E-state index contributed by atoms with van der Waals surface area (Å²) in [4.78, 5) is 20.0. The molecule has 5 heteroatoms. The third-order valence-electron chi connectivity index (χ3n) is 5.24. The van der Waals surface area contributed by atoms with Crippen LogP contribution in [-0.4, -0.2) is 59.2 Å². The summed E-state index contributed by atoms with van der Waals surface area (Å²) in [6.07, 6.45) is 2.00. The minimum Gasteiger partial charge on any atom is -0.444 e. The van der Waals surface area contributed by atoms with E-state index in [-0.39, 0.29) is 6.09 Å². The molecule has 0 spiro atoms. The zero-order chi connectivity index (χ0) is 19.6. The summed E-state index contributed by atoms with van der Waals surface area (Å²) in [6, 6.07) is 6.60. The first-order chi connectivity index (χ1) is 12.7. The molecule has 0 unspecified atom stereocenters. The number of piperazine rings is 1. The van der Waals surface area contributed by atoms with E-state index in [1.54, 1.807) is 0 Å². The molecular weight excluding hydrogens is 338 g/mol. The smallest absolute Gasteiger partial charge is 0.410 e. The molecule has 0 saturated carbocycles. The molecule has 1 fully saturated rings. The molecule has 1 aliphatic rings. The number of benzene rings is 1. The van der Waals surface area contributed by atoms with Gasteiger partial charge in [-0.3, -0.25) is 4.90 Å². The van der Waals surface area contributed by atoms with Gasteiger partial charge in [-0.05, 0) is 71.7 Å². The zero-order valence-corrected chi connectivity index (χ0v) is 17.4. The van der Waals surface area contributed by atoms with Crippen molar-refractivity contribution in [3.63, 3.8) is 0 Å². The van der Waals surface area contributed by atoms with Crippen LogP contribution in [0.4, 0.5) is 4.79 Å². The molecule has 1 aromatic carbocycles. The Morgan fingerprint density at radius 1 is 1.15 bits per heavy atom. The van der Waals surface area contributed by atoms with Gasteiger partial charge in [0.1, 0.15) is 5.60 Å². The van der Waals surface area contributed by atoms with Crippen LogP contribution in [0.2, 0.25) is 0 Å². The Morgan fingerprint density at radius 2 is 1.85 bits per heavy atom. The monoisotopic (exact) mass is 371 g/mol. The molecule has 1 amide bonds. The van der Waals surface area contributed by atoms with Crippen molar-refractivity contribution >= 4 is 17.0 Å². The largest absolute Gasteiger partial charge is 0.444 e. The fourth-order valence-corrected chi connectivity index (χ4v) is 3.71. The maximum atomic E-state index is 12.1. The number of H-pyrrole nitrogens is 1. The molecule has 27 heavy (non-hydrogen) atoms. The Kier molecular flexibility index (Phi) is 5.80. The van der Waals surface area contributed by atoms with Crippen molar-refractivity contribution in [3.8, 4) is 0 Å². The number of nitrogens with zero attached hydrogens (tertiary/aromatic N) is 2. The second kappa shape index (κ2) is 7.93. The van der Waals surface area contributed by atoms with Crippen LogP contribution in [0.25, 0.3) is 10.9 Å². The van der Waals surface area contributed by atoms with Crippen molar-refractivity contribution in [3.05, 3.63) is 35.0 Å². The molecule has 0 bridgehead atoms. The molecule has 3 rings (SSSR count). The van der Waals surface area contributed by atoms with Gasteiger partial charge in [0.25, 0.3) is 0 Å². The molecule has 1 aliphatic heterocycles. The van der Waals surface area contributed by atoms with Crippen LogP contribution < -0.4 is 0 Å². The van der Waals surface area contributed by atoms with Crippen molar-refractivity contribution in [1.29, 1.82) is 0 Å². The summed E-state index contributed by atoms with van der Waals surface area (Å²) in [5.74, 6) is 0. The van der Waals surface area contributed by atoms with Crippen molar-refractivity contribution in [1.82, 2.24) is 14.8 Å². The van der Waals surface area contributed by atoms with Crippen LogP contribution >= 0.6 is 0 Å². The molecule has 1 N–H and O–H groups in total. The lowest BCUT2D eigenvalue weighted by atomic mass is 10.1. The molecule has 0 radical (unpaired) electrons. The van der Waals surface area contributed by atoms with Gasteiger partial charge in [-0.25, -0.2) is 4.79 Å². The summed E-state index contributed by atoms with van der Waals surface area (Å²) in [6.45, 7) is 14.5. The normalized spacial score (nSPS) is 16.1. The molecule has 2 heterocycles. The minimum absolute atomic E-state index is 0.189. The standard InChI is InChI=1S/C22H33N3O2/c1-16-8-9-20-18(15-16)17(2)19(23-20)7-6-10-24-11-13-25(14-12-24)21(26)27-22(3,4)5/h8-9,15,23H,6-7,10-14H2,1-5H3. The Morgan fingerprint density at radius 3 is 2.52 bits per heavy atom. The number of aromatic amines is 1. The number of carbonyl (C=O) groups is 1. The van der Waals surface area contributed by atoms with Crippen LogP contribution in [0.5, 0.6) is 0 Å². The predicted octanol–water partition coefficient (Wildman–Crippen LogP) is 4.27. The third-order valence-corrected chi connectivity index (χ3v) is 5.24.